The van der Waals surface area contributed by atoms with Crippen molar-refractivity contribution in [2.24, 2.45) is 0 Å². The summed E-state index contributed by atoms with van der Waals surface area (Å²) in [7, 11) is 0. The van der Waals surface area contributed by atoms with Crippen LogP contribution in [0.1, 0.15) is 52.5 Å². The van der Waals surface area contributed by atoms with Gasteiger partial charge in [-0.25, -0.2) is 4.98 Å². The van der Waals surface area contributed by atoms with Gasteiger partial charge in [-0.3, -0.25) is 9.59 Å². The van der Waals surface area contributed by atoms with Gasteiger partial charge in [0, 0.05) is 38.1 Å². The zero-order valence-electron chi connectivity index (χ0n) is 14.4. The summed E-state index contributed by atoms with van der Waals surface area (Å²) in [6.07, 6.45) is 4.12. The number of hydrogen-bond donors (Lipinski definition) is 0. The van der Waals surface area contributed by atoms with E-state index >= 15 is 0 Å². The van der Waals surface area contributed by atoms with Gasteiger partial charge in [0.05, 0.1) is 6.04 Å². The van der Waals surface area contributed by atoms with E-state index in [2.05, 4.69) is 9.55 Å². The third-order valence-electron chi connectivity index (χ3n) is 5.18. The molecule has 0 spiro atoms. The van der Waals surface area contributed by atoms with Crippen LogP contribution in [0.2, 0.25) is 0 Å². The summed E-state index contributed by atoms with van der Waals surface area (Å²) < 4.78 is 2.18. The van der Waals surface area contributed by atoms with Crippen molar-refractivity contribution in [3.05, 3.63) is 53.6 Å². The second-order valence-electron chi connectivity index (χ2n) is 6.71. The Bertz CT molecular complexity index is 807. The van der Waals surface area contributed by atoms with Crippen LogP contribution < -0.4 is 0 Å². The number of fused-ring (bicyclic) bond motifs is 1. The van der Waals surface area contributed by atoms with Gasteiger partial charge in [0.15, 0.2) is 0 Å². The lowest BCUT2D eigenvalue weighted by atomic mass is 10.1. The predicted octanol–water partition coefficient (Wildman–Crippen LogP) is 2.34. The summed E-state index contributed by atoms with van der Waals surface area (Å²) >= 11 is 0. The van der Waals surface area contributed by atoms with Crippen molar-refractivity contribution in [2.45, 2.75) is 32.4 Å². The highest BCUT2D eigenvalue weighted by Crippen LogP contribution is 2.26. The highest BCUT2D eigenvalue weighted by atomic mass is 16.2. The Kier molecular flexibility index (Phi) is 4.03. The molecule has 2 aliphatic heterocycles. The number of carbonyl (C=O) groups is 2. The normalized spacial score (nSPS) is 19.8. The Morgan fingerprint density at radius 2 is 1.68 bits per heavy atom. The van der Waals surface area contributed by atoms with Gasteiger partial charge in [0.1, 0.15) is 11.4 Å². The van der Waals surface area contributed by atoms with E-state index in [-0.39, 0.29) is 17.9 Å². The van der Waals surface area contributed by atoms with Crippen LogP contribution in [0.5, 0.6) is 0 Å². The van der Waals surface area contributed by atoms with Crippen LogP contribution in [0.25, 0.3) is 0 Å². The minimum absolute atomic E-state index is 0.00371. The molecule has 6 nitrogen and oxygen atoms in total. The van der Waals surface area contributed by atoms with E-state index in [1.54, 1.807) is 18.2 Å². The quantitative estimate of drug-likeness (QED) is 0.844. The van der Waals surface area contributed by atoms with Gasteiger partial charge in [-0.15, -0.1) is 0 Å². The number of pyridine rings is 1. The van der Waals surface area contributed by atoms with Crippen molar-refractivity contribution in [1.29, 1.82) is 0 Å². The largest absolute Gasteiger partial charge is 0.348 e. The average molecular weight is 338 g/mol. The minimum atomic E-state index is -0.115. The lowest BCUT2D eigenvalue weighted by molar-refractivity contribution is 0.0637. The Hall–Kier alpha value is -2.63. The van der Waals surface area contributed by atoms with E-state index in [4.69, 9.17) is 0 Å². The highest BCUT2D eigenvalue weighted by Gasteiger charge is 2.29. The van der Waals surface area contributed by atoms with Gasteiger partial charge in [0.25, 0.3) is 11.8 Å². The Morgan fingerprint density at radius 3 is 2.44 bits per heavy atom. The molecule has 0 N–H and O–H groups in total. The summed E-state index contributed by atoms with van der Waals surface area (Å²) in [6, 6.07) is 9.20. The maximum atomic E-state index is 13.0. The van der Waals surface area contributed by atoms with Gasteiger partial charge in [0.2, 0.25) is 0 Å². The lowest BCUT2D eigenvalue weighted by Crippen LogP contribution is -2.41. The second-order valence-corrected chi connectivity index (χ2v) is 6.71. The first-order valence-electron chi connectivity index (χ1n) is 8.87. The number of carbonyl (C=O) groups excluding carboxylic acids is 2. The van der Waals surface area contributed by atoms with E-state index < -0.39 is 0 Å². The third kappa shape index (κ3) is 2.81. The molecule has 0 aromatic carbocycles. The van der Waals surface area contributed by atoms with E-state index in [1.165, 1.54) is 0 Å². The smallest absolute Gasteiger partial charge is 0.273 e. The van der Waals surface area contributed by atoms with Crippen LogP contribution in [0.15, 0.2) is 36.5 Å². The molecule has 2 aromatic heterocycles. The van der Waals surface area contributed by atoms with Crippen molar-refractivity contribution < 1.29 is 9.59 Å². The van der Waals surface area contributed by atoms with Gasteiger partial charge in [-0.1, -0.05) is 6.07 Å². The second kappa shape index (κ2) is 6.35. The van der Waals surface area contributed by atoms with Crippen molar-refractivity contribution in [3.63, 3.8) is 0 Å². The van der Waals surface area contributed by atoms with Crippen molar-refractivity contribution in [2.75, 3.05) is 19.6 Å². The first-order valence-corrected chi connectivity index (χ1v) is 8.87. The fourth-order valence-corrected chi connectivity index (χ4v) is 3.76. The maximum absolute atomic E-state index is 13.0. The monoisotopic (exact) mass is 338 g/mol. The lowest BCUT2D eigenvalue weighted by Gasteiger charge is -2.34. The van der Waals surface area contributed by atoms with Crippen molar-refractivity contribution in [1.82, 2.24) is 19.4 Å². The van der Waals surface area contributed by atoms with Crippen LogP contribution in [-0.4, -0.2) is 50.8 Å². The molecule has 2 aliphatic rings. The molecule has 2 aromatic rings. The molecule has 0 bridgehead atoms. The van der Waals surface area contributed by atoms with Crippen molar-refractivity contribution in [3.8, 4) is 0 Å². The molecule has 1 atom stereocenters. The summed E-state index contributed by atoms with van der Waals surface area (Å²) in [6.45, 7) is 5.01. The van der Waals surface area contributed by atoms with Gasteiger partial charge >= 0.3 is 0 Å². The number of likely N-dealkylation sites (tertiary alicyclic amines) is 1. The molecule has 1 fully saturated rings. The molecule has 25 heavy (non-hydrogen) atoms. The molecule has 4 heterocycles. The maximum Gasteiger partial charge on any atom is 0.273 e. The summed E-state index contributed by atoms with van der Waals surface area (Å²) in [5.74, 6) is -0.191. The third-order valence-corrected chi connectivity index (χ3v) is 5.18. The minimum Gasteiger partial charge on any atom is -0.348 e. The zero-order chi connectivity index (χ0) is 17.4. The molecule has 4 rings (SSSR count). The molecule has 0 saturated carbocycles. The predicted molar refractivity (Wildman–Crippen MR) is 93.3 cm³/mol. The molecule has 0 aliphatic carbocycles. The van der Waals surface area contributed by atoms with E-state index in [1.807, 2.05) is 35.1 Å². The standard InChI is InChI=1S/C19H22N4O2/c1-14-17-8-5-11-21(17)12-13-23(14)19(25)16-7-4-6-15(20-16)18(24)22-9-2-3-10-22/h4-8,11,14H,2-3,9-10,12-13H2,1H3. The summed E-state index contributed by atoms with van der Waals surface area (Å²) in [5.41, 5.74) is 1.83. The average Bonchev–Trinajstić information content (AvgIpc) is 3.33. The van der Waals surface area contributed by atoms with Gasteiger partial charge in [-0.2, -0.15) is 0 Å². The molecular weight excluding hydrogens is 316 g/mol. The zero-order valence-corrected chi connectivity index (χ0v) is 14.4. The van der Waals surface area contributed by atoms with Gasteiger partial charge < -0.3 is 14.4 Å². The Morgan fingerprint density at radius 1 is 0.960 bits per heavy atom. The molecule has 130 valence electrons. The summed E-state index contributed by atoms with van der Waals surface area (Å²) in [5, 5.41) is 0. The topological polar surface area (TPSA) is 58.4 Å². The Labute approximate surface area is 147 Å². The number of rotatable bonds is 2. The Balaban J connectivity index is 1.56. The first kappa shape index (κ1) is 15.9. The molecule has 6 heteroatoms. The number of hydrogen-bond acceptors (Lipinski definition) is 3. The van der Waals surface area contributed by atoms with Gasteiger partial charge in [-0.05, 0) is 44.0 Å². The van der Waals surface area contributed by atoms with Crippen LogP contribution in [0.4, 0.5) is 0 Å². The van der Waals surface area contributed by atoms with Crippen molar-refractivity contribution >= 4 is 11.8 Å². The number of nitrogens with zero attached hydrogens (tertiary/aromatic N) is 4. The molecule has 1 saturated heterocycles. The molecule has 1 unspecified atom stereocenters. The van der Waals surface area contributed by atoms with Crippen LogP contribution >= 0.6 is 0 Å². The fourth-order valence-electron chi connectivity index (χ4n) is 3.76. The SMILES string of the molecule is CC1c2cccn2CCN1C(=O)c1cccc(C(=O)N2CCCC2)n1. The van der Waals surface area contributed by atoms with Crippen LogP contribution in [0, 0.1) is 0 Å². The first-order chi connectivity index (χ1) is 12.1. The molecular formula is C19H22N4O2. The van der Waals surface area contributed by atoms with E-state index in [9.17, 15) is 9.59 Å². The van der Waals surface area contributed by atoms with E-state index in [0.29, 0.717) is 17.9 Å². The molecule has 0 radical (unpaired) electrons. The molecule has 2 amide bonds. The number of amides is 2. The summed E-state index contributed by atoms with van der Waals surface area (Å²) in [4.78, 5) is 33.5. The van der Waals surface area contributed by atoms with Crippen LogP contribution in [0.3, 0.4) is 0 Å². The van der Waals surface area contributed by atoms with Crippen LogP contribution in [-0.2, 0) is 6.54 Å². The number of aromatic nitrogens is 2. The highest BCUT2D eigenvalue weighted by molar-refractivity contribution is 5.96. The van der Waals surface area contributed by atoms with E-state index in [0.717, 1.165) is 38.2 Å². The fraction of sp³-hybridized carbons (Fsp3) is 0.421.